The lowest BCUT2D eigenvalue weighted by Crippen LogP contribution is -2.30. The molecule has 1 fully saturated rings. The number of rotatable bonds is 6. The van der Waals surface area contributed by atoms with Crippen LogP contribution in [0.2, 0.25) is 0 Å². The number of thiazole rings is 1. The number of thiol groups is 1. The molecule has 1 amide bonds. The molecule has 0 bridgehead atoms. The molecule has 0 radical (unpaired) electrons. The van der Waals surface area contributed by atoms with Gasteiger partial charge in [-0.1, -0.05) is 6.92 Å². The van der Waals surface area contributed by atoms with E-state index in [1.807, 2.05) is 5.38 Å². The molecule has 0 spiro atoms. The van der Waals surface area contributed by atoms with Crippen molar-refractivity contribution >= 4 is 29.9 Å². The highest BCUT2D eigenvalue weighted by Crippen LogP contribution is 2.49. The minimum absolute atomic E-state index is 0.0678. The molecule has 1 saturated carbocycles. The normalized spacial score (nSPS) is 18.7. The van der Waals surface area contributed by atoms with Crippen molar-refractivity contribution < 1.29 is 4.79 Å². The largest absolute Gasteiger partial charge is 0.347 e. The van der Waals surface area contributed by atoms with E-state index in [0.717, 1.165) is 30.0 Å². The Morgan fingerprint density at radius 2 is 2.47 bits per heavy atom. The van der Waals surface area contributed by atoms with E-state index in [0.29, 0.717) is 6.42 Å². The van der Waals surface area contributed by atoms with Crippen LogP contribution in [0, 0.1) is 5.41 Å². The molecule has 2 rings (SSSR count). The van der Waals surface area contributed by atoms with E-state index in [2.05, 4.69) is 29.9 Å². The van der Waals surface area contributed by atoms with Crippen LogP contribution in [0.25, 0.3) is 0 Å². The lowest BCUT2D eigenvalue weighted by atomic mass is 10.0. The molecule has 5 heteroatoms. The Morgan fingerprint density at radius 3 is 2.94 bits per heavy atom. The zero-order valence-corrected chi connectivity index (χ0v) is 11.7. The molecule has 1 aliphatic rings. The van der Waals surface area contributed by atoms with Crippen LogP contribution in [0.5, 0.6) is 0 Å². The topological polar surface area (TPSA) is 42.0 Å². The summed E-state index contributed by atoms with van der Waals surface area (Å²) in [5.74, 6) is 0.952. The number of aromatic nitrogens is 1. The highest BCUT2D eigenvalue weighted by molar-refractivity contribution is 7.80. The minimum Gasteiger partial charge on any atom is -0.347 e. The molecular weight excluding hydrogens is 252 g/mol. The Morgan fingerprint density at radius 1 is 1.71 bits per heavy atom. The van der Waals surface area contributed by atoms with E-state index in [-0.39, 0.29) is 17.4 Å². The summed E-state index contributed by atoms with van der Waals surface area (Å²) in [6.45, 7) is 2.07. The number of hydrogen-bond donors (Lipinski definition) is 2. The molecule has 0 aromatic carbocycles. The second-order valence-corrected chi connectivity index (χ2v) is 5.98. The predicted molar refractivity (Wildman–Crippen MR) is 73.4 cm³/mol. The fourth-order valence-corrected chi connectivity index (χ4v) is 3.10. The molecule has 1 unspecified atom stereocenters. The third-order valence-electron chi connectivity index (χ3n) is 3.32. The van der Waals surface area contributed by atoms with Gasteiger partial charge in [0.15, 0.2) is 0 Å². The van der Waals surface area contributed by atoms with Crippen molar-refractivity contribution in [2.75, 3.05) is 5.75 Å². The van der Waals surface area contributed by atoms with Crippen molar-refractivity contribution in [3.63, 3.8) is 0 Å². The summed E-state index contributed by atoms with van der Waals surface area (Å²) < 4.78 is 0. The van der Waals surface area contributed by atoms with Crippen LogP contribution in [-0.2, 0) is 4.79 Å². The Balaban J connectivity index is 1.89. The number of nitrogens with one attached hydrogen (secondary N) is 1. The second-order valence-electron chi connectivity index (χ2n) is 4.73. The van der Waals surface area contributed by atoms with Gasteiger partial charge in [0.1, 0.15) is 5.01 Å². The minimum atomic E-state index is 0.0678. The van der Waals surface area contributed by atoms with Crippen LogP contribution in [0.1, 0.15) is 43.7 Å². The zero-order chi connectivity index (χ0) is 12.3. The van der Waals surface area contributed by atoms with Crippen LogP contribution in [0.3, 0.4) is 0 Å². The van der Waals surface area contributed by atoms with Crippen molar-refractivity contribution in [2.24, 2.45) is 5.41 Å². The number of hydrogen-bond acceptors (Lipinski definition) is 4. The van der Waals surface area contributed by atoms with Gasteiger partial charge in [0.05, 0.1) is 6.04 Å². The Bertz CT molecular complexity index is 374. The first-order valence-corrected chi connectivity index (χ1v) is 7.50. The van der Waals surface area contributed by atoms with E-state index in [9.17, 15) is 4.79 Å². The molecule has 1 aromatic rings. The molecule has 1 aromatic heterocycles. The monoisotopic (exact) mass is 270 g/mol. The van der Waals surface area contributed by atoms with Gasteiger partial charge in [0.25, 0.3) is 0 Å². The Labute approximate surface area is 111 Å². The van der Waals surface area contributed by atoms with Crippen molar-refractivity contribution in [2.45, 2.75) is 38.6 Å². The van der Waals surface area contributed by atoms with E-state index in [4.69, 9.17) is 0 Å². The van der Waals surface area contributed by atoms with Crippen LogP contribution >= 0.6 is 24.0 Å². The maximum Gasteiger partial charge on any atom is 0.221 e. The summed E-state index contributed by atoms with van der Waals surface area (Å²) in [7, 11) is 0. The number of nitrogens with zero attached hydrogens (tertiary/aromatic N) is 1. The number of amides is 1. The zero-order valence-electron chi connectivity index (χ0n) is 9.98. The standard InChI is InChI=1S/C12H18N2OS2/c1-2-9(11-13-5-6-17-11)14-10(15)7-12(8-16)3-4-12/h5-6,9,16H,2-4,7-8H2,1H3,(H,14,15). The third kappa shape index (κ3) is 3.22. The van der Waals surface area contributed by atoms with E-state index in [1.165, 1.54) is 0 Å². The van der Waals surface area contributed by atoms with Crippen LogP contribution in [0.4, 0.5) is 0 Å². The number of carbonyl (C=O) groups is 1. The number of carbonyl (C=O) groups excluding carboxylic acids is 1. The van der Waals surface area contributed by atoms with E-state index < -0.39 is 0 Å². The average molecular weight is 270 g/mol. The van der Waals surface area contributed by atoms with E-state index in [1.54, 1.807) is 17.5 Å². The van der Waals surface area contributed by atoms with Crippen LogP contribution < -0.4 is 5.32 Å². The van der Waals surface area contributed by atoms with Gasteiger partial charge in [-0.3, -0.25) is 4.79 Å². The molecule has 0 aliphatic heterocycles. The van der Waals surface area contributed by atoms with Crippen LogP contribution in [-0.4, -0.2) is 16.6 Å². The summed E-state index contributed by atoms with van der Waals surface area (Å²) in [5, 5.41) is 6.02. The van der Waals surface area contributed by atoms with Gasteiger partial charge in [-0.05, 0) is 30.4 Å². The maximum atomic E-state index is 12.0. The SMILES string of the molecule is CCC(NC(=O)CC1(CS)CC1)c1nccs1. The third-order valence-corrected chi connectivity index (χ3v) is 4.88. The van der Waals surface area contributed by atoms with Crippen molar-refractivity contribution in [3.05, 3.63) is 16.6 Å². The first-order chi connectivity index (χ1) is 8.19. The average Bonchev–Trinajstić information content (AvgIpc) is 2.90. The quantitative estimate of drug-likeness (QED) is 0.781. The molecule has 1 heterocycles. The summed E-state index contributed by atoms with van der Waals surface area (Å²) >= 11 is 5.92. The van der Waals surface area contributed by atoms with Gasteiger partial charge >= 0.3 is 0 Å². The lowest BCUT2D eigenvalue weighted by molar-refractivity contribution is -0.122. The van der Waals surface area contributed by atoms with Gasteiger partial charge in [0, 0.05) is 18.0 Å². The van der Waals surface area contributed by atoms with Gasteiger partial charge in [-0.25, -0.2) is 4.98 Å². The molecule has 3 nitrogen and oxygen atoms in total. The molecule has 94 valence electrons. The summed E-state index contributed by atoms with van der Waals surface area (Å²) in [6, 6.07) is 0.0678. The van der Waals surface area contributed by atoms with Crippen molar-refractivity contribution in [3.8, 4) is 0 Å². The predicted octanol–water partition coefficient (Wildman–Crippen LogP) is 2.81. The van der Waals surface area contributed by atoms with Gasteiger partial charge in [-0.2, -0.15) is 12.6 Å². The molecule has 1 aliphatic carbocycles. The molecule has 17 heavy (non-hydrogen) atoms. The summed E-state index contributed by atoms with van der Waals surface area (Å²) in [5.41, 5.74) is 0.189. The molecule has 1 N–H and O–H groups in total. The first kappa shape index (κ1) is 12.9. The molecule has 0 saturated heterocycles. The van der Waals surface area contributed by atoms with E-state index >= 15 is 0 Å². The van der Waals surface area contributed by atoms with Gasteiger partial charge < -0.3 is 5.32 Å². The maximum absolute atomic E-state index is 12.0. The summed E-state index contributed by atoms with van der Waals surface area (Å²) in [4.78, 5) is 16.2. The Hall–Kier alpha value is -0.550. The van der Waals surface area contributed by atoms with Crippen molar-refractivity contribution in [1.82, 2.24) is 10.3 Å². The fraction of sp³-hybridized carbons (Fsp3) is 0.667. The summed E-state index contributed by atoms with van der Waals surface area (Å²) in [6.07, 6.45) is 5.55. The smallest absolute Gasteiger partial charge is 0.221 e. The second kappa shape index (κ2) is 5.40. The van der Waals surface area contributed by atoms with Crippen LogP contribution in [0.15, 0.2) is 11.6 Å². The highest BCUT2D eigenvalue weighted by Gasteiger charge is 2.43. The highest BCUT2D eigenvalue weighted by atomic mass is 32.1. The fourth-order valence-electron chi connectivity index (χ4n) is 1.90. The lowest BCUT2D eigenvalue weighted by Gasteiger charge is -2.17. The molecule has 1 atom stereocenters. The molecular formula is C12H18N2OS2. The van der Waals surface area contributed by atoms with Gasteiger partial charge in [-0.15, -0.1) is 11.3 Å². The Kier molecular flexibility index (Phi) is 4.09. The first-order valence-electron chi connectivity index (χ1n) is 5.99. The van der Waals surface area contributed by atoms with Gasteiger partial charge in [0.2, 0.25) is 5.91 Å². The van der Waals surface area contributed by atoms with Crippen molar-refractivity contribution in [1.29, 1.82) is 0 Å².